The fraction of sp³-hybridized carbons (Fsp3) is 0.368. The Balaban J connectivity index is 1.67. The molecule has 2 heterocycles. The molecule has 1 aromatic carbocycles. The van der Waals surface area contributed by atoms with Gasteiger partial charge in [0.05, 0.1) is 17.8 Å². The van der Waals surface area contributed by atoms with Crippen LogP contribution in [-0.2, 0) is 11.2 Å². The van der Waals surface area contributed by atoms with Crippen molar-refractivity contribution in [2.75, 3.05) is 19.6 Å². The number of aromatic nitrogens is 2. The number of nitrogens with zero attached hydrogens (tertiary/aromatic N) is 2. The first-order chi connectivity index (χ1) is 11.6. The first-order valence-electron chi connectivity index (χ1n) is 8.41. The topological polar surface area (TPSA) is 59.0 Å². The van der Waals surface area contributed by atoms with E-state index in [0.29, 0.717) is 13.0 Å². The van der Waals surface area contributed by atoms with E-state index in [1.807, 2.05) is 48.9 Å². The van der Waals surface area contributed by atoms with Gasteiger partial charge in [-0.3, -0.25) is 4.79 Å². The van der Waals surface area contributed by atoms with Crippen molar-refractivity contribution in [3.63, 3.8) is 0 Å². The van der Waals surface area contributed by atoms with Crippen LogP contribution in [0.2, 0.25) is 0 Å². The van der Waals surface area contributed by atoms with Gasteiger partial charge in [0.1, 0.15) is 0 Å². The van der Waals surface area contributed by atoms with Gasteiger partial charge in [-0.15, -0.1) is 0 Å². The standard InChI is InChI=1S/C19H24N4O/c1-14-18(12-19(24)21-13-16-8-10-20-11-9-16)15(2)23(22-14)17-6-4-3-5-7-17/h3-8,20H,9-13H2,1-2H3,(H,21,24). The van der Waals surface area contributed by atoms with Gasteiger partial charge in [0.2, 0.25) is 5.91 Å². The minimum Gasteiger partial charge on any atom is -0.352 e. The average molecular weight is 324 g/mol. The first-order valence-corrected chi connectivity index (χ1v) is 8.41. The Hall–Kier alpha value is -2.40. The summed E-state index contributed by atoms with van der Waals surface area (Å²) in [7, 11) is 0. The maximum atomic E-state index is 12.3. The predicted molar refractivity (Wildman–Crippen MR) is 95.3 cm³/mol. The third-order valence-corrected chi connectivity index (χ3v) is 4.45. The monoisotopic (exact) mass is 324 g/mol. The molecule has 0 bridgehead atoms. The molecule has 1 aliphatic rings. The number of hydrogen-bond donors (Lipinski definition) is 2. The molecular formula is C19H24N4O. The zero-order valence-corrected chi connectivity index (χ0v) is 14.3. The lowest BCUT2D eigenvalue weighted by Crippen LogP contribution is -2.30. The van der Waals surface area contributed by atoms with Crippen LogP contribution < -0.4 is 10.6 Å². The van der Waals surface area contributed by atoms with Crippen molar-refractivity contribution in [1.29, 1.82) is 0 Å². The quantitative estimate of drug-likeness (QED) is 0.828. The number of carbonyl (C=O) groups is 1. The summed E-state index contributed by atoms with van der Waals surface area (Å²) < 4.78 is 1.91. The van der Waals surface area contributed by atoms with Gasteiger partial charge in [0.25, 0.3) is 0 Å². The second kappa shape index (κ2) is 7.45. The molecule has 5 heteroatoms. The fourth-order valence-electron chi connectivity index (χ4n) is 3.02. The number of nitrogens with one attached hydrogen (secondary N) is 2. The third kappa shape index (κ3) is 3.74. The molecule has 3 rings (SSSR count). The van der Waals surface area contributed by atoms with E-state index >= 15 is 0 Å². The molecule has 1 amide bonds. The van der Waals surface area contributed by atoms with Crippen LogP contribution in [0.15, 0.2) is 42.0 Å². The van der Waals surface area contributed by atoms with Crippen LogP contribution in [0.3, 0.4) is 0 Å². The van der Waals surface area contributed by atoms with Crippen molar-refractivity contribution < 1.29 is 4.79 Å². The van der Waals surface area contributed by atoms with Gasteiger partial charge in [-0.1, -0.05) is 29.8 Å². The second-order valence-electron chi connectivity index (χ2n) is 6.17. The van der Waals surface area contributed by atoms with Crippen LogP contribution in [-0.4, -0.2) is 35.3 Å². The zero-order valence-electron chi connectivity index (χ0n) is 14.3. The summed E-state index contributed by atoms with van der Waals surface area (Å²) >= 11 is 0. The summed E-state index contributed by atoms with van der Waals surface area (Å²) in [5.41, 5.74) is 5.26. The van der Waals surface area contributed by atoms with Crippen LogP contribution in [0.1, 0.15) is 23.4 Å². The molecule has 5 nitrogen and oxygen atoms in total. The summed E-state index contributed by atoms with van der Waals surface area (Å²) in [5.74, 6) is 0.0493. The Morgan fingerprint density at radius 2 is 2.08 bits per heavy atom. The van der Waals surface area contributed by atoms with E-state index in [-0.39, 0.29) is 5.91 Å². The molecule has 1 aliphatic heterocycles. The fourth-order valence-corrected chi connectivity index (χ4v) is 3.02. The van der Waals surface area contributed by atoms with Crippen LogP contribution in [0.25, 0.3) is 5.69 Å². The van der Waals surface area contributed by atoms with E-state index < -0.39 is 0 Å². The van der Waals surface area contributed by atoms with Crippen molar-refractivity contribution in [3.8, 4) is 5.69 Å². The summed E-state index contributed by atoms with van der Waals surface area (Å²) in [5, 5.41) is 10.9. The number of amides is 1. The van der Waals surface area contributed by atoms with Crippen molar-refractivity contribution in [2.24, 2.45) is 0 Å². The van der Waals surface area contributed by atoms with Gasteiger partial charge >= 0.3 is 0 Å². The largest absolute Gasteiger partial charge is 0.352 e. The maximum absolute atomic E-state index is 12.3. The molecule has 0 fully saturated rings. The van der Waals surface area contributed by atoms with Crippen molar-refractivity contribution in [2.45, 2.75) is 26.7 Å². The first kappa shape index (κ1) is 16.5. The molecule has 2 aromatic rings. The van der Waals surface area contributed by atoms with E-state index in [9.17, 15) is 4.79 Å². The normalized spacial score (nSPS) is 14.3. The Morgan fingerprint density at radius 3 is 2.79 bits per heavy atom. The number of benzene rings is 1. The van der Waals surface area contributed by atoms with E-state index in [1.165, 1.54) is 5.57 Å². The second-order valence-corrected chi connectivity index (χ2v) is 6.17. The van der Waals surface area contributed by atoms with Crippen molar-refractivity contribution in [3.05, 3.63) is 58.9 Å². The summed E-state index contributed by atoms with van der Waals surface area (Å²) in [6, 6.07) is 10.0. The number of rotatable bonds is 5. The summed E-state index contributed by atoms with van der Waals surface area (Å²) in [6.07, 6.45) is 3.54. The molecule has 0 radical (unpaired) electrons. The summed E-state index contributed by atoms with van der Waals surface area (Å²) in [4.78, 5) is 12.3. The number of aryl methyl sites for hydroxylation is 1. The van der Waals surface area contributed by atoms with Gasteiger partial charge in [-0.05, 0) is 38.9 Å². The van der Waals surface area contributed by atoms with Crippen LogP contribution in [0.4, 0.5) is 0 Å². The van der Waals surface area contributed by atoms with Crippen LogP contribution in [0.5, 0.6) is 0 Å². The highest BCUT2D eigenvalue weighted by Crippen LogP contribution is 2.18. The Bertz CT molecular complexity index is 746. The highest BCUT2D eigenvalue weighted by atomic mass is 16.1. The van der Waals surface area contributed by atoms with Gasteiger partial charge in [-0.2, -0.15) is 5.10 Å². The highest BCUT2D eigenvalue weighted by molar-refractivity contribution is 5.79. The maximum Gasteiger partial charge on any atom is 0.224 e. The Kier molecular flexibility index (Phi) is 5.11. The van der Waals surface area contributed by atoms with Gasteiger partial charge < -0.3 is 10.6 Å². The lowest BCUT2D eigenvalue weighted by Gasteiger charge is -2.14. The molecule has 0 aliphatic carbocycles. The highest BCUT2D eigenvalue weighted by Gasteiger charge is 2.16. The van der Waals surface area contributed by atoms with Crippen molar-refractivity contribution in [1.82, 2.24) is 20.4 Å². The van der Waals surface area contributed by atoms with E-state index in [2.05, 4.69) is 21.8 Å². The SMILES string of the molecule is Cc1nn(-c2ccccc2)c(C)c1CC(=O)NCC1=CCNCC1. The number of hydrogen-bond acceptors (Lipinski definition) is 3. The van der Waals surface area contributed by atoms with Crippen molar-refractivity contribution >= 4 is 5.91 Å². The molecule has 0 spiro atoms. The Morgan fingerprint density at radius 1 is 1.29 bits per heavy atom. The molecule has 2 N–H and O–H groups in total. The minimum atomic E-state index is 0.0493. The van der Waals surface area contributed by atoms with Gasteiger partial charge in [0.15, 0.2) is 0 Å². The van der Waals surface area contributed by atoms with Crippen LogP contribution in [0, 0.1) is 13.8 Å². The molecule has 0 unspecified atom stereocenters. The molecule has 0 saturated heterocycles. The van der Waals surface area contributed by atoms with Gasteiger partial charge in [-0.25, -0.2) is 4.68 Å². The minimum absolute atomic E-state index is 0.0493. The van der Waals surface area contributed by atoms with E-state index in [0.717, 1.165) is 42.1 Å². The molecule has 0 atom stereocenters. The summed E-state index contributed by atoms with van der Waals surface area (Å²) in [6.45, 7) is 6.51. The average Bonchev–Trinajstić information content (AvgIpc) is 2.90. The lowest BCUT2D eigenvalue weighted by atomic mass is 10.1. The van der Waals surface area contributed by atoms with E-state index in [4.69, 9.17) is 0 Å². The number of carbonyl (C=O) groups excluding carboxylic acids is 1. The zero-order chi connectivity index (χ0) is 16.9. The van der Waals surface area contributed by atoms with E-state index in [1.54, 1.807) is 0 Å². The molecule has 126 valence electrons. The molecule has 1 aromatic heterocycles. The molecular weight excluding hydrogens is 300 g/mol. The smallest absolute Gasteiger partial charge is 0.224 e. The van der Waals surface area contributed by atoms with Gasteiger partial charge in [0, 0.05) is 24.3 Å². The third-order valence-electron chi connectivity index (χ3n) is 4.45. The predicted octanol–water partition coefficient (Wildman–Crippen LogP) is 2.07. The van der Waals surface area contributed by atoms with Crippen LogP contribution >= 0.6 is 0 Å². The Labute approximate surface area is 142 Å². The molecule has 24 heavy (non-hydrogen) atoms. The molecule has 0 saturated carbocycles. The number of para-hydroxylation sites is 1. The lowest BCUT2D eigenvalue weighted by molar-refractivity contribution is -0.120.